The van der Waals surface area contributed by atoms with Gasteiger partial charge in [0.05, 0.1) is 18.6 Å². The smallest absolute Gasteiger partial charge is 0.306 e. The summed E-state index contributed by atoms with van der Waals surface area (Å²) in [4.78, 5) is 25.6. The molecule has 2 aromatic carbocycles. The van der Waals surface area contributed by atoms with Gasteiger partial charge in [-0.25, -0.2) is 0 Å². The lowest BCUT2D eigenvalue weighted by molar-refractivity contribution is -0.158. The first-order valence-electron chi connectivity index (χ1n) is 16.6. The molecule has 0 radical (unpaired) electrons. The number of hydrogen-bond acceptors (Lipinski definition) is 8. The summed E-state index contributed by atoms with van der Waals surface area (Å²) in [6.45, 7) is 22.6. The second-order valence-electron chi connectivity index (χ2n) is 17.2. The highest BCUT2D eigenvalue weighted by molar-refractivity contribution is 5.70. The molecule has 4 N–H and O–H groups in total. The minimum Gasteiger partial charge on any atom is -0.507 e. The number of aryl methyl sites for hydroxylation is 2. The van der Waals surface area contributed by atoms with Gasteiger partial charge in [-0.15, -0.1) is 0 Å². The van der Waals surface area contributed by atoms with Crippen molar-refractivity contribution in [1.29, 1.82) is 0 Å². The number of phenols is 2. The third-order valence-corrected chi connectivity index (χ3v) is 8.56. The van der Waals surface area contributed by atoms with Crippen LogP contribution in [0.3, 0.4) is 0 Å². The topological polar surface area (TPSA) is 134 Å². The van der Waals surface area contributed by atoms with Crippen LogP contribution in [0.2, 0.25) is 0 Å². The van der Waals surface area contributed by atoms with E-state index in [2.05, 4.69) is 0 Å². The van der Waals surface area contributed by atoms with E-state index < -0.39 is 30.6 Å². The molecule has 8 heteroatoms. The zero-order valence-electron chi connectivity index (χ0n) is 30.9. The number of benzene rings is 2. The molecule has 47 heavy (non-hydrogen) atoms. The average molecular weight is 657 g/mol. The highest BCUT2D eigenvalue weighted by atomic mass is 16.5. The largest absolute Gasteiger partial charge is 0.507 e. The van der Waals surface area contributed by atoms with Crippen LogP contribution in [0.15, 0.2) is 24.3 Å². The molecule has 0 saturated heterocycles. The van der Waals surface area contributed by atoms with Crippen molar-refractivity contribution in [3.05, 3.63) is 57.6 Å². The van der Waals surface area contributed by atoms with Gasteiger partial charge in [-0.05, 0) is 67.9 Å². The van der Waals surface area contributed by atoms with Crippen LogP contribution < -0.4 is 0 Å². The van der Waals surface area contributed by atoms with Gasteiger partial charge >= 0.3 is 11.9 Å². The summed E-state index contributed by atoms with van der Waals surface area (Å²) in [5.41, 5.74) is 2.50. The van der Waals surface area contributed by atoms with E-state index in [1.165, 1.54) is 0 Å². The van der Waals surface area contributed by atoms with E-state index in [-0.39, 0.29) is 59.2 Å². The number of rotatable bonds is 12. The van der Waals surface area contributed by atoms with E-state index in [9.17, 15) is 30.0 Å². The van der Waals surface area contributed by atoms with Gasteiger partial charge in [-0.2, -0.15) is 0 Å². The fraction of sp³-hybridized carbons (Fsp3) is 0.641. The number of phenolic OH excluding ortho intramolecular Hbond substituents is 2. The molecule has 0 aliphatic rings. The minimum atomic E-state index is -1.35. The maximum absolute atomic E-state index is 12.8. The van der Waals surface area contributed by atoms with Crippen molar-refractivity contribution in [2.24, 2.45) is 5.41 Å². The lowest BCUT2D eigenvalue weighted by Crippen LogP contribution is -2.41. The van der Waals surface area contributed by atoms with E-state index in [4.69, 9.17) is 9.47 Å². The van der Waals surface area contributed by atoms with E-state index in [0.717, 1.165) is 33.4 Å². The predicted octanol–water partition coefficient (Wildman–Crippen LogP) is 6.91. The molecular formula is C39H60O8. The van der Waals surface area contributed by atoms with Crippen molar-refractivity contribution in [3.8, 4) is 11.5 Å². The van der Waals surface area contributed by atoms with Crippen molar-refractivity contribution in [3.63, 3.8) is 0 Å². The normalized spacial score (nSPS) is 13.1. The highest BCUT2D eigenvalue weighted by Crippen LogP contribution is 2.41. The van der Waals surface area contributed by atoms with Gasteiger partial charge in [0, 0.05) is 12.8 Å². The quantitative estimate of drug-likeness (QED) is 0.181. The Kier molecular flexibility index (Phi) is 12.8. The molecule has 0 fully saturated rings. The Labute approximate surface area is 282 Å². The predicted molar refractivity (Wildman–Crippen MR) is 186 cm³/mol. The number of carbonyl (C=O) groups is 2. The molecule has 0 bridgehead atoms. The first kappa shape index (κ1) is 40.1. The van der Waals surface area contributed by atoms with Crippen molar-refractivity contribution in [2.45, 2.75) is 130 Å². The summed E-state index contributed by atoms with van der Waals surface area (Å²) in [6, 6.07) is 7.70. The Bertz CT molecular complexity index is 1220. The Morgan fingerprint density at radius 3 is 1.00 bits per heavy atom. The Balaban J connectivity index is 2.05. The summed E-state index contributed by atoms with van der Waals surface area (Å²) in [6.07, 6.45) is 0.891. The van der Waals surface area contributed by atoms with Crippen LogP contribution in [0.5, 0.6) is 11.5 Å². The Hall–Kier alpha value is -3.10. The number of esters is 2. The standard InChI is InChI=1S/C39H60O8/c1-35(2,3)27-17-25(18-28(33(27)44)36(4,5)6)13-15-31(42)46-23-39(21-40,22-41)24-47-32(43)16-14-26-19-29(37(7,8)9)34(45)30(20-26)38(10,11)12/h17-20,40-41,44-45H,13-16,21-24H2,1-12H3. The van der Waals surface area contributed by atoms with Gasteiger partial charge in [-0.3, -0.25) is 9.59 Å². The van der Waals surface area contributed by atoms with Gasteiger partial charge in [0.1, 0.15) is 24.7 Å². The number of aliphatic hydroxyl groups excluding tert-OH is 2. The van der Waals surface area contributed by atoms with Crippen molar-refractivity contribution >= 4 is 11.9 Å². The van der Waals surface area contributed by atoms with E-state index in [1.54, 1.807) is 0 Å². The highest BCUT2D eigenvalue weighted by Gasteiger charge is 2.33. The lowest BCUT2D eigenvalue weighted by Gasteiger charge is -2.29. The molecule has 2 rings (SSSR count). The van der Waals surface area contributed by atoms with Crippen LogP contribution in [0, 0.1) is 5.41 Å². The maximum Gasteiger partial charge on any atom is 0.306 e. The summed E-state index contributed by atoms with van der Waals surface area (Å²) >= 11 is 0. The minimum absolute atomic E-state index is 0.0599. The summed E-state index contributed by atoms with van der Waals surface area (Å²) in [5.74, 6) is -0.480. The monoisotopic (exact) mass is 656 g/mol. The SMILES string of the molecule is CC(C)(C)c1cc(CCC(=O)OCC(CO)(CO)COC(=O)CCc2cc(C(C)(C)C)c(O)c(C(C)(C)C)c2)cc(C(C)(C)C)c1O. The zero-order chi connectivity index (χ0) is 36.2. The van der Waals surface area contributed by atoms with Gasteiger partial charge in [-0.1, -0.05) is 107 Å². The Morgan fingerprint density at radius 1 is 0.532 bits per heavy atom. The maximum atomic E-state index is 12.8. The van der Waals surface area contributed by atoms with Crippen LogP contribution in [-0.4, -0.2) is 58.8 Å². The molecule has 8 nitrogen and oxygen atoms in total. The van der Waals surface area contributed by atoms with Gasteiger partial charge in [0.25, 0.3) is 0 Å². The molecule has 2 aromatic rings. The second kappa shape index (κ2) is 15.0. The number of aromatic hydroxyl groups is 2. The number of aliphatic hydroxyl groups is 2. The molecule has 264 valence electrons. The number of carbonyl (C=O) groups excluding carboxylic acids is 2. The van der Waals surface area contributed by atoms with Crippen LogP contribution in [-0.2, 0) is 53.6 Å². The van der Waals surface area contributed by atoms with Gasteiger partial charge in [0.15, 0.2) is 0 Å². The molecule has 0 heterocycles. The molecule has 0 aromatic heterocycles. The molecule has 0 aliphatic carbocycles. The van der Waals surface area contributed by atoms with Crippen LogP contribution in [0.4, 0.5) is 0 Å². The van der Waals surface area contributed by atoms with E-state index in [1.807, 2.05) is 107 Å². The Morgan fingerprint density at radius 2 is 0.787 bits per heavy atom. The number of hydrogen-bond donors (Lipinski definition) is 4. The van der Waals surface area contributed by atoms with Crippen LogP contribution >= 0.6 is 0 Å². The molecular weight excluding hydrogens is 596 g/mol. The zero-order valence-corrected chi connectivity index (χ0v) is 30.9. The fourth-order valence-corrected chi connectivity index (χ4v) is 5.34. The second-order valence-corrected chi connectivity index (χ2v) is 17.2. The van der Waals surface area contributed by atoms with Gasteiger partial charge in [0.2, 0.25) is 0 Å². The fourth-order valence-electron chi connectivity index (χ4n) is 5.34. The molecule has 0 aliphatic heterocycles. The third kappa shape index (κ3) is 11.0. The molecule has 0 unspecified atom stereocenters. The summed E-state index contributed by atoms with van der Waals surface area (Å²) in [5, 5.41) is 42.2. The van der Waals surface area contributed by atoms with Gasteiger partial charge < -0.3 is 29.9 Å². The number of ether oxygens (including phenoxy) is 2. The first-order chi connectivity index (χ1) is 21.3. The lowest BCUT2D eigenvalue weighted by atomic mass is 9.78. The van der Waals surface area contributed by atoms with Crippen LogP contribution in [0.1, 0.15) is 129 Å². The molecule has 0 amide bonds. The summed E-state index contributed by atoms with van der Waals surface area (Å²) in [7, 11) is 0. The summed E-state index contributed by atoms with van der Waals surface area (Å²) < 4.78 is 10.9. The molecule has 0 spiro atoms. The van der Waals surface area contributed by atoms with E-state index >= 15 is 0 Å². The van der Waals surface area contributed by atoms with Crippen molar-refractivity contribution in [1.82, 2.24) is 0 Å². The average Bonchev–Trinajstić information content (AvgIpc) is 2.94. The first-order valence-corrected chi connectivity index (χ1v) is 16.6. The van der Waals surface area contributed by atoms with Crippen molar-refractivity contribution < 1.29 is 39.5 Å². The molecule has 0 atom stereocenters. The van der Waals surface area contributed by atoms with Crippen molar-refractivity contribution in [2.75, 3.05) is 26.4 Å². The molecule has 0 saturated carbocycles. The van der Waals surface area contributed by atoms with Crippen LogP contribution in [0.25, 0.3) is 0 Å². The third-order valence-electron chi connectivity index (χ3n) is 8.56. The van der Waals surface area contributed by atoms with E-state index in [0.29, 0.717) is 12.8 Å².